The summed E-state index contributed by atoms with van der Waals surface area (Å²) in [6.07, 6.45) is 0. The fraction of sp³-hybridized carbons (Fsp3) is 0.462. The van der Waals surface area contributed by atoms with E-state index in [-0.39, 0.29) is 23.1 Å². The number of benzene rings is 1. The predicted octanol–water partition coefficient (Wildman–Crippen LogP) is 2.43. The third kappa shape index (κ3) is 3.21. The van der Waals surface area contributed by atoms with Crippen molar-refractivity contribution in [3.05, 3.63) is 22.2 Å². The van der Waals surface area contributed by atoms with Gasteiger partial charge in [0, 0.05) is 5.75 Å². The summed E-state index contributed by atoms with van der Waals surface area (Å²) in [5.74, 6) is 0.898. The molecule has 0 aromatic heterocycles. The van der Waals surface area contributed by atoms with Crippen LogP contribution in [0.3, 0.4) is 0 Å². The van der Waals surface area contributed by atoms with Crippen molar-refractivity contribution in [1.29, 1.82) is 0 Å². The van der Waals surface area contributed by atoms with Gasteiger partial charge in [-0.25, -0.2) is 0 Å². The molecule has 0 bridgehead atoms. The van der Waals surface area contributed by atoms with E-state index in [1.807, 2.05) is 6.07 Å². The lowest BCUT2D eigenvalue weighted by Crippen LogP contribution is -2.35. The van der Waals surface area contributed by atoms with Gasteiger partial charge in [0.05, 0.1) is 23.6 Å². The van der Waals surface area contributed by atoms with Crippen molar-refractivity contribution in [2.75, 3.05) is 19.5 Å². The third-order valence-electron chi connectivity index (χ3n) is 2.93. The quantitative estimate of drug-likeness (QED) is 0.802. The summed E-state index contributed by atoms with van der Waals surface area (Å²) in [6, 6.07) is 3.28. The summed E-state index contributed by atoms with van der Waals surface area (Å²) in [4.78, 5) is 11.7. The van der Waals surface area contributed by atoms with Crippen molar-refractivity contribution >= 4 is 33.7 Å². The van der Waals surface area contributed by atoms with E-state index in [2.05, 4.69) is 21.2 Å². The van der Waals surface area contributed by atoms with Gasteiger partial charge in [0.25, 0.3) is 0 Å². The lowest BCUT2D eigenvalue weighted by Gasteiger charge is -2.15. The standard InChI is InChI=1S/C13H16BrNO4S/c1-3-19-13(17)9-6-20-12(15-9)7-4-8(14)11(16)10(5-7)18-2/h4-5,9,12,15-16H,3,6H2,1-2H3/t9-,12-/m1/s1. The number of thioether (sulfide) groups is 1. The molecule has 20 heavy (non-hydrogen) atoms. The highest BCUT2D eigenvalue weighted by Crippen LogP contribution is 2.41. The van der Waals surface area contributed by atoms with Crippen LogP contribution in [0.5, 0.6) is 11.5 Å². The minimum Gasteiger partial charge on any atom is -0.503 e. The van der Waals surface area contributed by atoms with Crippen molar-refractivity contribution in [2.45, 2.75) is 18.3 Å². The number of halogens is 1. The lowest BCUT2D eigenvalue weighted by molar-refractivity contribution is -0.144. The molecular weight excluding hydrogens is 346 g/mol. The first-order valence-corrected chi connectivity index (χ1v) is 8.01. The summed E-state index contributed by atoms with van der Waals surface area (Å²) < 4.78 is 10.7. The highest BCUT2D eigenvalue weighted by Gasteiger charge is 2.32. The van der Waals surface area contributed by atoms with E-state index in [1.165, 1.54) is 7.11 Å². The summed E-state index contributed by atoms with van der Waals surface area (Å²) in [7, 11) is 1.50. The van der Waals surface area contributed by atoms with E-state index in [0.717, 1.165) is 5.56 Å². The molecule has 110 valence electrons. The molecule has 1 fully saturated rings. The van der Waals surface area contributed by atoms with Crippen molar-refractivity contribution in [1.82, 2.24) is 5.32 Å². The molecule has 1 heterocycles. The maximum absolute atomic E-state index is 11.7. The molecule has 0 radical (unpaired) electrons. The monoisotopic (exact) mass is 361 g/mol. The summed E-state index contributed by atoms with van der Waals surface area (Å²) >= 11 is 4.92. The van der Waals surface area contributed by atoms with Gasteiger partial charge >= 0.3 is 5.97 Å². The molecule has 0 spiro atoms. The number of hydrogen-bond acceptors (Lipinski definition) is 6. The SMILES string of the molecule is CCOC(=O)[C@H]1CS[C@H](c2cc(Br)c(O)c(OC)c2)N1. The molecule has 1 aliphatic heterocycles. The molecule has 0 saturated carbocycles. The Kier molecular flexibility index (Phi) is 5.17. The Bertz CT molecular complexity index is 511. The number of nitrogens with one attached hydrogen (secondary N) is 1. The molecule has 1 aromatic rings. The highest BCUT2D eigenvalue weighted by molar-refractivity contribution is 9.10. The molecule has 0 amide bonds. The van der Waals surface area contributed by atoms with Gasteiger partial charge in [-0.1, -0.05) is 0 Å². The van der Waals surface area contributed by atoms with Crippen LogP contribution in [0.1, 0.15) is 17.9 Å². The van der Waals surface area contributed by atoms with Crippen molar-refractivity contribution in [2.24, 2.45) is 0 Å². The van der Waals surface area contributed by atoms with Crippen LogP contribution >= 0.6 is 27.7 Å². The Balaban J connectivity index is 2.14. The van der Waals surface area contributed by atoms with Gasteiger partial charge in [-0.2, -0.15) is 0 Å². The van der Waals surface area contributed by atoms with Gasteiger partial charge in [0.15, 0.2) is 11.5 Å². The van der Waals surface area contributed by atoms with E-state index in [1.54, 1.807) is 24.8 Å². The minimum atomic E-state index is -0.302. The highest BCUT2D eigenvalue weighted by atomic mass is 79.9. The largest absolute Gasteiger partial charge is 0.503 e. The average molecular weight is 362 g/mol. The smallest absolute Gasteiger partial charge is 0.324 e. The zero-order valence-electron chi connectivity index (χ0n) is 11.2. The predicted molar refractivity (Wildman–Crippen MR) is 81.1 cm³/mol. The van der Waals surface area contributed by atoms with Crippen LogP contribution in [0.25, 0.3) is 0 Å². The van der Waals surface area contributed by atoms with Crippen LogP contribution in [0.4, 0.5) is 0 Å². The number of ether oxygens (including phenoxy) is 2. The van der Waals surface area contributed by atoms with Crippen LogP contribution in [0.15, 0.2) is 16.6 Å². The number of phenols is 1. The fourth-order valence-electron chi connectivity index (χ4n) is 1.94. The Morgan fingerprint density at radius 2 is 2.35 bits per heavy atom. The zero-order valence-corrected chi connectivity index (χ0v) is 13.6. The second kappa shape index (κ2) is 6.69. The molecule has 2 rings (SSSR count). The lowest BCUT2D eigenvalue weighted by atomic mass is 10.2. The topological polar surface area (TPSA) is 67.8 Å². The maximum Gasteiger partial charge on any atom is 0.324 e. The molecule has 1 aliphatic rings. The van der Waals surface area contributed by atoms with Crippen molar-refractivity contribution in [3.8, 4) is 11.5 Å². The Morgan fingerprint density at radius 3 is 3.00 bits per heavy atom. The normalized spacial score (nSPS) is 21.8. The summed E-state index contributed by atoms with van der Waals surface area (Å²) in [5, 5.41) is 13.0. The second-order valence-electron chi connectivity index (χ2n) is 4.24. The molecule has 1 aromatic carbocycles. The number of hydrogen-bond donors (Lipinski definition) is 2. The maximum atomic E-state index is 11.7. The van der Waals surface area contributed by atoms with E-state index >= 15 is 0 Å². The summed E-state index contributed by atoms with van der Waals surface area (Å²) in [6.45, 7) is 2.17. The van der Waals surface area contributed by atoms with Gasteiger partial charge in [-0.3, -0.25) is 10.1 Å². The van der Waals surface area contributed by atoms with E-state index in [4.69, 9.17) is 9.47 Å². The van der Waals surface area contributed by atoms with Gasteiger partial charge in [-0.05, 0) is 40.5 Å². The molecule has 2 N–H and O–H groups in total. The van der Waals surface area contributed by atoms with E-state index < -0.39 is 0 Å². The molecule has 7 heteroatoms. The Morgan fingerprint density at radius 1 is 1.60 bits per heavy atom. The number of phenolic OH excluding ortho intramolecular Hbond substituents is 1. The molecule has 0 unspecified atom stereocenters. The first kappa shape index (κ1) is 15.5. The molecule has 2 atom stereocenters. The zero-order chi connectivity index (χ0) is 14.7. The number of methoxy groups -OCH3 is 1. The van der Waals surface area contributed by atoms with Crippen LogP contribution in [0, 0.1) is 0 Å². The fourth-order valence-corrected chi connectivity index (χ4v) is 3.61. The number of carbonyl (C=O) groups excluding carboxylic acids is 1. The second-order valence-corrected chi connectivity index (χ2v) is 6.23. The Labute approximate surface area is 130 Å². The summed E-state index contributed by atoms with van der Waals surface area (Å²) in [5.41, 5.74) is 0.934. The van der Waals surface area contributed by atoms with Gasteiger partial charge in [0.2, 0.25) is 0 Å². The third-order valence-corrected chi connectivity index (χ3v) is 4.80. The van der Waals surface area contributed by atoms with Crippen molar-refractivity contribution < 1.29 is 19.4 Å². The van der Waals surface area contributed by atoms with Crippen LogP contribution in [0.2, 0.25) is 0 Å². The number of aromatic hydroxyl groups is 1. The average Bonchev–Trinajstić information content (AvgIpc) is 2.91. The number of carbonyl (C=O) groups is 1. The van der Waals surface area contributed by atoms with Gasteiger partial charge in [-0.15, -0.1) is 11.8 Å². The molecular formula is C13H16BrNO4S. The number of rotatable bonds is 4. The molecule has 1 saturated heterocycles. The van der Waals surface area contributed by atoms with Crippen LogP contribution in [-0.2, 0) is 9.53 Å². The van der Waals surface area contributed by atoms with E-state index in [0.29, 0.717) is 22.6 Å². The van der Waals surface area contributed by atoms with Gasteiger partial charge < -0.3 is 14.6 Å². The van der Waals surface area contributed by atoms with Crippen LogP contribution in [-0.4, -0.2) is 36.6 Å². The first-order valence-electron chi connectivity index (χ1n) is 6.17. The first-order chi connectivity index (χ1) is 9.56. The Hall–Kier alpha value is -0.920. The molecule has 0 aliphatic carbocycles. The van der Waals surface area contributed by atoms with Crippen molar-refractivity contribution in [3.63, 3.8) is 0 Å². The van der Waals surface area contributed by atoms with E-state index in [9.17, 15) is 9.90 Å². The van der Waals surface area contributed by atoms with Gasteiger partial charge in [0.1, 0.15) is 6.04 Å². The molecule has 5 nitrogen and oxygen atoms in total. The van der Waals surface area contributed by atoms with Crippen LogP contribution < -0.4 is 10.1 Å². The minimum absolute atomic E-state index is 0.0322. The number of esters is 1.